The van der Waals surface area contributed by atoms with Crippen molar-refractivity contribution in [3.8, 4) is 0 Å². The molecule has 8 atom stereocenters. The minimum absolute atomic E-state index is 0.0200. The summed E-state index contributed by atoms with van der Waals surface area (Å²) >= 11 is 0. The number of rotatable bonds is 33. The van der Waals surface area contributed by atoms with Gasteiger partial charge < -0.3 is 82.5 Å². The van der Waals surface area contributed by atoms with E-state index >= 15 is 0 Å². The zero-order valence-electron chi connectivity index (χ0n) is 38.4. The Morgan fingerprint density at radius 2 is 0.746 bits per heavy atom. The summed E-state index contributed by atoms with van der Waals surface area (Å²) in [6.07, 6.45) is -3.60. The molecule has 11 amide bonds. The van der Waals surface area contributed by atoms with E-state index in [2.05, 4.69) is 42.2 Å². The van der Waals surface area contributed by atoms with Gasteiger partial charge in [-0.2, -0.15) is 0 Å². The highest BCUT2D eigenvalue weighted by atomic mass is 16.4. The Labute approximate surface area is 386 Å². The van der Waals surface area contributed by atoms with Gasteiger partial charge in [-0.25, -0.2) is 4.79 Å². The fourth-order valence-electron chi connectivity index (χ4n) is 6.04. The zero-order valence-corrected chi connectivity index (χ0v) is 38.4. The molecule has 0 rings (SSSR count). The SMILES string of the molecule is CC(C)C[C@H](NC(=O)[C@H](C)N)C(=O)N[C@@H](CCC(N)=O)C(=O)N[C@@H](CC(C)C)C(=O)N[C@@H](CC(N)=O)C(=O)N[C@@H](CC(N)=O)C(=O)N[C@@H](CCCN=C(N)N)C(=O)N[C@@H](CCC(N)=O)C(=O)O. The summed E-state index contributed by atoms with van der Waals surface area (Å²) in [4.78, 5) is 157. The lowest BCUT2D eigenvalue weighted by Crippen LogP contribution is -2.61. The van der Waals surface area contributed by atoms with Gasteiger partial charge in [0, 0.05) is 19.4 Å². The molecule has 0 aromatic rings. The van der Waals surface area contributed by atoms with E-state index < -0.39 is 151 Å². The summed E-state index contributed by atoms with van der Waals surface area (Å²) in [6, 6.07) is -12.1. The van der Waals surface area contributed by atoms with Crippen LogP contribution in [0.3, 0.4) is 0 Å². The molecule has 0 aliphatic heterocycles. The molecule has 0 heterocycles. The molecule has 0 aromatic heterocycles. The summed E-state index contributed by atoms with van der Waals surface area (Å²) in [7, 11) is 0. The first-order valence-corrected chi connectivity index (χ1v) is 21.3. The van der Waals surface area contributed by atoms with Crippen molar-refractivity contribution >= 4 is 76.9 Å². The minimum atomic E-state index is -1.89. The Balaban J connectivity index is 6.68. The molecular formula is C39H69N15O13. The van der Waals surface area contributed by atoms with Crippen LogP contribution < -0.4 is 77.4 Å². The van der Waals surface area contributed by atoms with Gasteiger partial charge in [0.25, 0.3) is 0 Å². The van der Waals surface area contributed by atoms with E-state index in [1.165, 1.54) is 6.92 Å². The molecule has 0 saturated carbocycles. The molecule has 67 heavy (non-hydrogen) atoms. The average molecular weight is 956 g/mol. The van der Waals surface area contributed by atoms with Crippen LogP contribution in [-0.2, 0) is 57.5 Å². The molecule has 0 saturated heterocycles. The molecule has 0 fully saturated rings. The fraction of sp³-hybridized carbons (Fsp3) is 0.667. The van der Waals surface area contributed by atoms with Gasteiger partial charge in [-0.05, 0) is 57.3 Å². The maximum Gasteiger partial charge on any atom is 0.326 e. The molecule has 0 aliphatic carbocycles. The van der Waals surface area contributed by atoms with Gasteiger partial charge in [0.1, 0.15) is 42.3 Å². The number of guanidine groups is 1. The lowest BCUT2D eigenvalue weighted by Gasteiger charge is -2.28. The molecule has 22 N–H and O–H groups in total. The summed E-state index contributed by atoms with van der Waals surface area (Å²) in [5.41, 5.74) is 37.5. The third-order valence-corrected chi connectivity index (χ3v) is 9.35. The summed E-state index contributed by atoms with van der Waals surface area (Å²) in [5.74, 6) is -13.3. The molecule has 0 radical (unpaired) electrons. The van der Waals surface area contributed by atoms with Crippen molar-refractivity contribution in [2.24, 2.45) is 57.0 Å². The maximum absolute atomic E-state index is 13.9. The minimum Gasteiger partial charge on any atom is -0.480 e. The van der Waals surface area contributed by atoms with Crippen LogP contribution >= 0.6 is 0 Å². The number of amides is 11. The van der Waals surface area contributed by atoms with Crippen molar-refractivity contribution in [3.63, 3.8) is 0 Å². The Bertz CT molecular complexity index is 1820. The molecular weight excluding hydrogens is 887 g/mol. The van der Waals surface area contributed by atoms with Crippen LogP contribution in [0.4, 0.5) is 0 Å². The standard InChI is InChI=1S/C39H69N15O13/c1-17(2)13-23(51-31(59)19(5)40)34(62)49-21(8-10-27(41)55)33(61)52-24(14-18(3)4)35(63)53-26(16-30(44)58)37(65)54-25(15-29(43)57)36(64)48-20(7-6-12-47-39(45)46)32(60)50-22(38(66)67)9-11-28(42)56/h17-26H,6-16,40H2,1-5H3,(H2,41,55)(H2,42,56)(H2,43,57)(H2,44,58)(H,48,64)(H,49,62)(H,50,60)(H,51,59)(H,52,61)(H,53,63)(H,54,65)(H,66,67)(H4,45,46,47)/t19-,20-,21-,22-,23-,24-,25-,26-/m0/s1. The van der Waals surface area contributed by atoms with E-state index in [4.69, 9.17) is 40.1 Å². The van der Waals surface area contributed by atoms with Crippen molar-refractivity contribution < 1.29 is 62.6 Å². The van der Waals surface area contributed by atoms with E-state index in [0.29, 0.717) is 0 Å². The number of primary amides is 4. The number of carboxylic acid groups (broad SMARTS) is 1. The molecule has 0 aromatic carbocycles. The first kappa shape index (κ1) is 59.9. The van der Waals surface area contributed by atoms with Crippen molar-refractivity contribution in [1.29, 1.82) is 0 Å². The van der Waals surface area contributed by atoms with E-state index in [-0.39, 0.29) is 56.4 Å². The van der Waals surface area contributed by atoms with Crippen LogP contribution in [0.1, 0.15) is 98.8 Å². The number of carboxylic acids is 1. The van der Waals surface area contributed by atoms with Crippen LogP contribution in [0.15, 0.2) is 4.99 Å². The summed E-state index contributed by atoms with van der Waals surface area (Å²) in [5, 5.41) is 26.0. The Hall–Kier alpha value is -7.13. The number of aliphatic carboxylic acids is 1. The van der Waals surface area contributed by atoms with Crippen LogP contribution in [0.2, 0.25) is 0 Å². The lowest BCUT2D eigenvalue weighted by molar-refractivity contribution is -0.143. The molecule has 28 nitrogen and oxygen atoms in total. The fourth-order valence-corrected chi connectivity index (χ4v) is 6.04. The van der Waals surface area contributed by atoms with Gasteiger partial charge >= 0.3 is 5.97 Å². The summed E-state index contributed by atoms with van der Waals surface area (Å²) < 4.78 is 0. The second-order valence-electron chi connectivity index (χ2n) is 16.6. The number of nitrogens with two attached hydrogens (primary N) is 7. The molecule has 378 valence electrons. The number of hydrogen-bond donors (Lipinski definition) is 15. The molecule has 0 unspecified atom stereocenters. The van der Waals surface area contributed by atoms with Crippen molar-refractivity contribution in [1.82, 2.24) is 37.2 Å². The van der Waals surface area contributed by atoms with Crippen LogP contribution in [0, 0.1) is 11.8 Å². The number of nitrogens with one attached hydrogen (secondary N) is 7. The number of carbonyl (C=O) groups excluding carboxylic acids is 11. The zero-order chi connectivity index (χ0) is 51.7. The Morgan fingerprint density at radius 3 is 1.09 bits per heavy atom. The number of aliphatic imine (C=N–C) groups is 1. The van der Waals surface area contributed by atoms with Crippen LogP contribution in [0.25, 0.3) is 0 Å². The van der Waals surface area contributed by atoms with Gasteiger partial charge in [0.05, 0.1) is 18.9 Å². The van der Waals surface area contributed by atoms with Crippen molar-refractivity contribution in [2.75, 3.05) is 6.54 Å². The smallest absolute Gasteiger partial charge is 0.326 e. The van der Waals surface area contributed by atoms with E-state index in [1.807, 2.05) is 0 Å². The maximum atomic E-state index is 13.9. The van der Waals surface area contributed by atoms with Gasteiger partial charge in [-0.15, -0.1) is 0 Å². The van der Waals surface area contributed by atoms with E-state index in [0.717, 1.165) is 0 Å². The highest BCUT2D eigenvalue weighted by Gasteiger charge is 2.35. The lowest BCUT2D eigenvalue weighted by atomic mass is 10.00. The molecule has 0 bridgehead atoms. The van der Waals surface area contributed by atoms with Crippen molar-refractivity contribution in [2.45, 2.75) is 147 Å². The van der Waals surface area contributed by atoms with E-state index in [1.54, 1.807) is 27.7 Å². The highest BCUT2D eigenvalue weighted by Crippen LogP contribution is 2.11. The average Bonchev–Trinajstić information content (AvgIpc) is 3.19. The number of nitrogens with zero attached hydrogens (tertiary/aromatic N) is 1. The molecule has 0 spiro atoms. The summed E-state index contributed by atoms with van der Waals surface area (Å²) in [6.45, 7) is 8.24. The highest BCUT2D eigenvalue weighted by molar-refractivity contribution is 5.99. The van der Waals surface area contributed by atoms with Crippen LogP contribution in [0.5, 0.6) is 0 Å². The molecule has 28 heteroatoms. The predicted molar refractivity (Wildman–Crippen MR) is 238 cm³/mol. The van der Waals surface area contributed by atoms with Gasteiger partial charge in [-0.3, -0.25) is 57.7 Å². The quantitative estimate of drug-likeness (QED) is 0.0165. The van der Waals surface area contributed by atoms with Gasteiger partial charge in [0.15, 0.2) is 5.96 Å². The monoisotopic (exact) mass is 956 g/mol. The first-order chi connectivity index (χ1) is 31.0. The third-order valence-electron chi connectivity index (χ3n) is 9.35. The number of hydrogen-bond acceptors (Lipinski definition) is 14. The third kappa shape index (κ3) is 25.8. The van der Waals surface area contributed by atoms with Crippen molar-refractivity contribution in [3.05, 3.63) is 0 Å². The van der Waals surface area contributed by atoms with E-state index in [9.17, 15) is 62.6 Å². The van der Waals surface area contributed by atoms with Gasteiger partial charge in [0.2, 0.25) is 65.0 Å². The topological polar surface area (TPSA) is 504 Å². The second kappa shape index (κ2) is 30.1. The first-order valence-electron chi connectivity index (χ1n) is 21.3. The second-order valence-corrected chi connectivity index (χ2v) is 16.6. The predicted octanol–water partition coefficient (Wildman–Crippen LogP) is -6.76. The van der Waals surface area contributed by atoms with Gasteiger partial charge in [-0.1, -0.05) is 27.7 Å². The Kier molecular flexibility index (Phi) is 26.9. The van der Waals surface area contributed by atoms with Crippen LogP contribution in [-0.4, -0.2) is 137 Å². The molecule has 0 aliphatic rings. The number of carbonyl (C=O) groups is 12. The Morgan fingerprint density at radius 1 is 0.433 bits per heavy atom. The largest absolute Gasteiger partial charge is 0.480 e. The normalized spacial score (nSPS) is 14.5.